The summed E-state index contributed by atoms with van der Waals surface area (Å²) in [5.41, 5.74) is 3.27. The van der Waals surface area contributed by atoms with Crippen LogP contribution in [0, 0.1) is 23.7 Å². The number of aliphatic hydroxyl groups excluding tert-OH is 1. The van der Waals surface area contributed by atoms with Crippen LogP contribution in [0.2, 0.25) is 0 Å². The van der Waals surface area contributed by atoms with E-state index in [2.05, 4.69) is 71.5 Å². The Hall–Kier alpha value is -2.49. The monoisotopic (exact) mass is 637 g/mol. The van der Waals surface area contributed by atoms with E-state index in [-0.39, 0.29) is 30.8 Å². The van der Waals surface area contributed by atoms with Crippen molar-refractivity contribution in [2.75, 3.05) is 13.7 Å². The Kier molecular flexibility index (Phi) is 10.5. The molecule has 8 heteroatoms. The molecule has 8 nitrogen and oxygen atoms in total. The lowest BCUT2D eigenvalue weighted by atomic mass is 9.70. The van der Waals surface area contributed by atoms with Crippen molar-refractivity contribution in [1.29, 1.82) is 0 Å². The van der Waals surface area contributed by atoms with E-state index in [9.17, 15) is 10.2 Å². The van der Waals surface area contributed by atoms with Crippen molar-refractivity contribution >= 4 is 5.71 Å². The van der Waals surface area contributed by atoms with Crippen LogP contribution in [-0.4, -0.2) is 71.5 Å². The molecule has 3 saturated heterocycles. The van der Waals surface area contributed by atoms with Crippen LogP contribution in [0.5, 0.6) is 0 Å². The predicted molar refractivity (Wildman–Crippen MR) is 180 cm³/mol. The lowest BCUT2D eigenvalue weighted by Crippen LogP contribution is -2.57. The van der Waals surface area contributed by atoms with Gasteiger partial charge in [-0.15, -0.1) is 0 Å². The Labute approximate surface area is 275 Å². The van der Waals surface area contributed by atoms with Crippen LogP contribution >= 0.6 is 0 Å². The highest BCUT2D eigenvalue weighted by molar-refractivity contribution is 5.88. The fraction of sp³-hybridized carbons (Fsp3) is 0.658. The van der Waals surface area contributed by atoms with Gasteiger partial charge in [0.15, 0.2) is 5.79 Å². The van der Waals surface area contributed by atoms with Gasteiger partial charge in [0.25, 0.3) is 0 Å². The highest BCUT2D eigenvalue weighted by Gasteiger charge is 2.58. The number of allylic oxidation sites excluding steroid dienone is 5. The summed E-state index contributed by atoms with van der Waals surface area (Å²) < 4.78 is 26.8. The number of hydrogen-bond donors (Lipinski definition) is 2. The van der Waals surface area contributed by atoms with Crippen LogP contribution in [0.3, 0.4) is 0 Å². The SMILES string of the molecule is C=C1O[C@H]2C[C@@H](C/C=C(\C)C[C@@H](C)/C=C/C=C3\CO[C@@H]4[C@H](O)C(C)=C[C@@H]1[C@]34O)O[C@@]1(C/C(=N\OC)[C@H](C)[C@@H](/C(C)=C/C(C)C)O1)C2. The molecule has 10 atom stereocenters. The van der Waals surface area contributed by atoms with Gasteiger partial charge in [0.2, 0.25) is 0 Å². The molecule has 0 amide bonds. The second-order valence-corrected chi connectivity index (χ2v) is 14.7. The zero-order valence-corrected chi connectivity index (χ0v) is 29.0. The molecular formula is C38H55NO7. The summed E-state index contributed by atoms with van der Waals surface area (Å²) in [5.74, 6) is -0.467. The van der Waals surface area contributed by atoms with Gasteiger partial charge >= 0.3 is 0 Å². The van der Waals surface area contributed by atoms with Gasteiger partial charge < -0.3 is 34.0 Å². The van der Waals surface area contributed by atoms with E-state index >= 15 is 0 Å². The fourth-order valence-corrected chi connectivity index (χ4v) is 8.08. The van der Waals surface area contributed by atoms with Gasteiger partial charge in [-0.1, -0.05) is 81.5 Å². The summed E-state index contributed by atoms with van der Waals surface area (Å²) in [6, 6.07) is 0. The molecule has 5 aliphatic rings. The molecule has 0 aromatic heterocycles. The molecule has 1 spiro atoms. The Morgan fingerprint density at radius 1 is 1.20 bits per heavy atom. The van der Waals surface area contributed by atoms with E-state index in [1.807, 2.05) is 25.2 Å². The molecule has 254 valence electrons. The van der Waals surface area contributed by atoms with Crippen molar-refractivity contribution in [2.24, 2.45) is 28.8 Å². The zero-order valence-electron chi connectivity index (χ0n) is 29.0. The number of ether oxygens (including phenoxy) is 4. The third-order valence-electron chi connectivity index (χ3n) is 10.3. The minimum Gasteiger partial charge on any atom is -0.494 e. The minimum atomic E-state index is -1.49. The first kappa shape index (κ1) is 34.8. The number of oxime groups is 1. The van der Waals surface area contributed by atoms with Crippen molar-refractivity contribution in [3.8, 4) is 0 Å². The van der Waals surface area contributed by atoms with Gasteiger partial charge in [-0.3, -0.25) is 0 Å². The van der Waals surface area contributed by atoms with Crippen LogP contribution in [-0.2, 0) is 23.8 Å². The molecule has 4 heterocycles. The molecule has 0 radical (unpaired) electrons. The molecule has 46 heavy (non-hydrogen) atoms. The maximum absolute atomic E-state index is 12.4. The fourth-order valence-electron chi connectivity index (χ4n) is 8.08. The van der Waals surface area contributed by atoms with Crippen LogP contribution < -0.4 is 0 Å². The lowest BCUT2D eigenvalue weighted by molar-refractivity contribution is -0.313. The zero-order chi connectivity index (χ0) is 33.4. The number of rotatable bonds is 3. The maximum Gasteiger partial charge on any atom is 0.178 e. The number of hydrogen-bond acceptors (Lipinski definition) is 8. The van der Waals surface area contributed by atoms with E-state index < -0.39 is 29.5 Å². The summed E-state index contributed by atoms with van der Waals surface area (Å²) in [7, 11) is 1.58. The van der Waals surface area contributed by atoms with Crippen LogP contribution in [0.25, 0.3) is 0 Å². The van der Waals surface area contributed by atoms with Crippen molar-refractivity contribution in [1.82, 2.24) is 0 Å². The van der Waals surface area contributed by atoms with Crippen LogP contribution in [0.4, 0.5) is 0 Å². The van der Waals surface area contributed by atoms with E-state index in [1.165, 1.54) is 5.57 Å². The maximum atomic E-state index is 12.4. The average Bonchev–Trinajstić information content (AvgIpc) is 3.31. The Bertz CT molecular complexity index is 1340. The summed E-state index contributed by atoms with van der Waals surface area (Å²) in [6.07, 6.45) is 13.2. The Morgan fingerprint density at radius 3 is 2.67 bits per heavy atom. The summed E-state index contributed by atoms with van der Waals surface area (Å²) >= 11 is 0. The molecule has 1 aliphatic carbocycles. The molecule has 0 unspecified atom stereocenters. The largest absolute Gasteiger partial charge is 0.494 e. The normalized spacial score (nSPS) is 44.5. The topological polar surface area (TPSA) is 99.0 Å². The molecule has 0 aromatic rings. The summed E-state index contributed by atoms with van der Waals surface area (Å²) in [6.45, 7) is 19.4. The molecular weight excluding hydrogens is 582 g/mol. The van der Waals surface area contributed by atoms with Crippen molar-refractivity contribution in [3.63, 3.8) is 0 Å². The molecule has 2 bridgehead atoms. The second kappa shape index (κ2) is 13.9. The van der Waals surface area contributed by atoms with Gasteiger partial charge in [0, 0.05) is 25.2 Å². The van der Waals surface area contributed by atoms with Crippen molar-refractivity contribution in [2.45, 2.75) is 122 Å². The quantitative estimate of drug-likeness (QED) is 0.262. The van der Waals surface area contributed by atoms with E-state index in [1.54, 1.807) is 7.11 Å². The molecule has 0 aromatic carbocycles. The smallest absolute Gasteiger partial charge is 0.178 e. The summed E-state index contributed by atoms with van der Waals surface area (Å²) in [5, 5.41) is 27.9. The highest BCUT2D eigenvalue weighted by Crippen LogP contribution is 2.49. The van der Waals surface area contributed by atoms with Crippen molar-refractivity contribution < 1.29 is 34.0 Å². The molecule has 3 fully saturated rings. The van der Waals surface area contributed by atoms with Crippen LogP contribution in [0.1, 0.15) is 80.6 Å². The molecule has 2 N–H and O–H groups in total. The van der Waals surface area contributed by atoms with E-state index in [0.29, 0.717) is 42.4 Å². The minimum absolute atomic E-state index is 0.0154. The van der Waals surface area contributed by atoms with Crippen LogP contribution in [0.15, 0.2) is 76.2 Å². The van der Waals surface area contributed by atoms with E-state index in [0.717, 1.165) is 29.7 Å². The first-order valence-corrected chi connectivity index (χ1v) is 17.0. The number of nitrogens with zero attached hydrogens (tertiary/aromatic N) is 1. The standard InChI is InChI=1S/C38H55NO7/c1-22(2)15-26(6)35-27(7)33(39-42-9)20-37(46-35)19-31-18-30(45-37)14-13-24(4)16-23(3)11-10-12-29-21-43-36-34(40)25(5)17-32(28(8)44-31)38(29,36)41/h10-13,15,17,22-23,27,30-32,34-36,40-41H,8,14,16,18-21H2,1-7,9H3/b11-10+,24-13+,26-15+,29-12+,39-33+/t23-,27-,30+,31-,32-,34+,35+,36+,37-,38+/m0/s1. The van der Waals surface area contributed by atoms with Gasteiger partial charge in [-0.25, -0.2) is 0 Å². The Balaban J connectivity index is 1.55. The van der Waals surface area contributed by atoms with Crippen molar-refractivity contribution in [3.05, 3.63) is 71.1 Å². The molecule has 5 rings (SSSR count). The number of aliphatic hydroxyl groups is 2. The third kappa shape index (κ3) is 7.02. The molecule has 4 aliphatic heterocycles. The van der Waals surface area contributed by atoms with Gasteiger partial charge in [-0.2, -0.15) is 0 Å². The Morgan fingerprint density at radius 2 is 1.96 bits per heavy atom. The summed E-state index contributed by atoms with van der Waals surface area (Å²) in [4.78, 5) is 5.33. The van der Waals surface area contributed by atoms with Gasteiger partial charge in [0.1, 0.15) is 31.0 Å². The average molecular weight is 638 g/mol. The second-order valence-electron chi connectivity index (χ2n) is 14.7. The first-order valence-electron chi connectivity index (χ1n) is 17.0. The van der Waals surface area contributed by atoms with Gasteiger partial charge in [-0.05, 0) is 62.2 Å². The lowest BCUT2D eigenvalue weighted by Gasteiger charge is -2.50. The van der Waals surface area contributed by atoms with Gasteiger partial charge in [0.05, 0.1) is 36.2 Å². The first-order chi connectivity index (χ1) is 21.8. The predicted octanol–water partition coefficient (Wildman–Crippen LogP) is 6.72. The van der Waals surface area contributed by atoms with E-state index in [4.69, 9.17) is 23.8 Å². The number of fused-ring (bicyclic) bond motifs is 2. The third-order valence-corrected chi connectivity index (χ3v) is 10.3. The highest BCUT2D eigenvalue weighted by atomic mass is 16.7. The molecule has 0 saturated carbocycles.